The zero-order valence-corrected chi connectivity index (χ0v) is 19.4. The summed E-state index contributed by atoms with van der Waals surface area (Å²) in [5.41, 5.74) is 0.283. The number of hydrogen-bond donors (Lipinski definition) is 0. The molecule has 176 valence electrons. The number of hydrogen-bond acceptors (Lipinski definition) is 7. The molecule has 9 heteroatoms. The van der Waals surface area contributed by atoms with Gasteiger partial charge in [0.1, 0.15) is 10.6 Å². The lowest BCUT2D eigenvalue weighted by molar-refractivity contribution is -0.517. The van der Waals surface area contributed by atoms with Crippen LogP contribution in [-0.2, 0) is 19.3 Å². The third-order valence-corrected chi connectivity index (χ3v) is 6.56. The first-order chi connectivity index (χ1) is 16.4. The molecule has 4 rings (SSSR count). The minimum absolute atomic E-state index is 0.0195. The molecule has 0 aliphatic rings. The molecule has 0 N–H and O–H groups in total. The van der Waals surface area contributed by atoms with E-state index in [0.29, 0.717) is 27.5 Å². The molecule has 34 heavy (non-hydrogen) atoms. The second kappa shape index (κ2) is 9.76. The third-order valence-electron chi connectivity index (χ3n) is 5.39. The smallest absolute Gasteiger partial charge is 0.323 e. The highest BCUT2D eigenvalue weighted by Gasteiger charge is 2.36. The van der Waals surface area contributed by atoms with Gasteiger partial charge in [-0.2, -0.15) is 8.42 Å². The summed E-state index contributed by atoms with van der Waals surface area (Å²) in [6, 6.07) is 19.0. The summed E-state index contributed by atoms with van der Waals surface area (Å²) in [5.74, 6) is 0.377. The number of benzene rings is 4. The van der Waals surface area contributed by atoms with Crippen LogP contribution in [0.2, 0.25) is 0 Å². The second-order valence-electron chi connectivity index (χ2n) is 7.46. The maximum absolute atomic E-state index is 13.1. The highest BCUT2D eigenvalue weighted by Crippen LogP contribution is 2.44. The average molecular weight is 482 g/mol. The van der Waals surface area contributed by atoms with Crippen LogP contribution in [0.1, 0.15) is 31.0 Å². The van der Waals surface area contributed by atoms with Crippen LogP contribution in [0.5, 0.6) is 5.75 Å². The summed E-state index contributed by atoms with van der Waals surface area (Å²) in [7, 11) is -4.50. The number of rotatable bonds is 9. The molecule has 0 bridgehead atoms. The van der Waals surface area contributed by atoms with Gasteiger partial charge in [-0.3, -0.25) is 10.1 Å². The van der Waals surface area contributed by atoms with Crippen molar-refractivity contribution in [1.29, 1.82) is 0 Å². The van der Waals surface area contributed by atoms with Gasteiger partial charge in [0, 0.05) is 21.3 Å². The Morgan fingerprint density at radius 3 is 2.29 bits per heavy atom. The van der Waals surface area contributed by atoms with Crippen molar-refractivity contribution in [3.8, 4) is 5.75 Å². The molecule has 0 fully saturated rings. The van der Waals surface area contributed by atoms with E-state index in [0.717, 1.165) is 5.39 Å². The molecule has 0 aliphatic heterocycles. The normalized spacial score (nSPS) is 12.6. The molecular formula is C25H23NO7S. The van der Waals surface area contributed by atoms with Crippen LogP contribution in [0.4, 0.5) is 0 Å². The van der Waals surface area contributed by atoms with E-state index in [2.05, 4.69) is 0 Å². The van der Waals surface area contributed by atoms with Gasteiger partial charge in [0.2, 0.25) is 0 Å². The number of nitrogens with zero attached hydrogens (tertiary/aromatic N) is 1. The Kier molecular flexibility index (Phi) is 6.78. The zero-order chi connectivity index (χ0) is 24.3. The molecule has 0 radical (unpaired) electrons. The number of fused-ring (bicyclic) bond motifs is 2. The first-order valence-electron chi connectivity index (χ1n) is 10.7. The molecule has 0 aromatic heterocycles. The van der Waals surface area contributed by atoms with Crippen molar-refractivity contribution >= 4 is 31.7 Å². The molecular weight excluding hydrogens is 458 g/mol. The second-order valence-corrected chi connectivity index (χ2v) is 8.95. The van der Waals surface area contributed by atoms with Gasteiger partial charge in [-0.25, -0.2) is 4.89 Å². The minimum Gasteiger partial charge on any atom is -0.493 e. The zero-order valence-electron chi connectivity index (χ0n) is 18.6. The Balaban J connectivity index is 2.19. The first kappa shape index (κ1) is 23.6. The van der Waals surface area contributed by atoms with Gasteiger partial charge >= 0.3 is 10.1 Å². The van der Waals surface area contributed by atoms with Crippen molar-refractivity contribution in [2.75, 3.05) is 13.2 Å². The lowest BCUT2D eigenvalue weighted by Gasteiger charge is -2.20. The van der Waals surface area contributed by atoms with Crippen LogP contribution >= 0.6 is 0 Å². The van der Waals surface area contributed by atoms with Crippen molar-refractivity contribution in [3.05, 3.63) is 94.0 Å². The molecule has 0 saturated carbocycles. The van der Waals surface area contributed by atoms with E-state index in [4.69, 9.17) is 14.0 Å². The van der Waals surface area contributed by atoms with E-state index in [1.54, 1.807) is 50.2 Å². The summed E-state index contributed by atoms with van der Waals surface area (Å²) in [6.07, 6.45) is 0. The van der Waals surface area contributed by atoms with Gasteiger partial charge in [-0.05, 0) is 36.8 Å². The van der Waals surface area contributed by atoms with E-state index in [1.807, 2.05) is 30.3 Å². The van der Waals surface area contributed by atoms with Crippen LogP contribution in [0.25, 0.3) is 21.5 Å². The summed E-state index contributed by atoms with van der Waals surface area (Å²) < 4.78 is 37.0. The van der Waals surface area contributed by atoms with E-state index >= 15 is 0 Å². The quantitative estimate of drug-likeness (QED) is 0.136. The van der Waals surface area contributed by atoms with E-state index in [9.17, 15) is 18.5 Å². The monoisotopic (exact) mass is 481 g/mol. The van der Waals surface area contributed by atoms with Crippen LogP contribution in [0, 0.1) is 10.1 Å². The highest BCUT2D eigenvalue weighted by atomic mass is 32.2. The van der Waals surface area contributed by atoms with E-state index in [1.165, 1.54) is 6.07 Å². The first-order valence-corrected chi connectivity index (χ1v) is 12.2. The molecule has 1 atom stereocenters. The summed E-state index contributed by atoms with van der Waals surface area (Å²) >= 11 is 0. The topological polar surface area (TPSA) is 105 Å². The van der Waals surface area contributed by atoms with Gasteiger partial charge in [0.15, 0.2) is 0 Å². The predicted molar refractivity (Wildman–Crippen MR) is 128 cm³/mol. The molecule has 0 saturated heterocycles. The molecule has 0 aliphatic carbocycles. The van der Waals surface area contributed by atoms with Gasteiger partial charge in [0.25, 0.3) is 6.04 Å². The summed E-state index contributed by atoms with van der Waals surface area (Å²) in [6.45, 7) is 3.63. The Hall–Kier alpha value is -3.53. The van der Waals surface area contributed by atoms with Gasteiger partial charge in [0.05, 0.1) is 18.8 Å². The predicted octanol–water partition coefficient (Wildman–Crippen LogP) is 5.41. The van der Waals surface area contributed by atoms with Crippen LogP contribution in [0.15, 0.2) is 77.7 Å². The maximum atomic E-state index is 13.1. The van der Waals surface area contributed by atoms with Crippen molar-refractivity contribution in [2.24, 2.45) is 0 Å². The standard InChI is InChI=1S/C25H23NO7S/c1-3-31-25-20-13-9-8-12-18(20)16-19-14-15-21(34(29,30)33-32-4-2)23(22(19)25)24(26(27)28)17-10-6-5-7-11-17/h5-16,24H,3-4H2,1-2H3. The van der Waals surface area contributed by atoms with E-state index < -0.39 is 21.1 Å². The maximum Gasteiger partial charge on any atom is 0.323 e. The Morgan fingerprint density at radius 2 is 1.62 bits per heavy atom. The lowest BCUT2D eigenvalue weighted by Crippen LogP contribution is -2.18. The minimum atomic E-state index is -4.50. The van der Waals surface area contributed by atoms with Crippen molar-refractivity contribution < 1.29 is 27.3 Å². The molecule has 1 unspecified atom stereocenters. The molecule has 4 aromatic rings. The Morgan fingerprint density at radius 1 is 0.912 bits per heavy atom. The largest absolute Gasteiger partial charge is 0.493 e. The average Bonchev–Trinajstić information content (AvgIpc) is 2.83. The number of nitro groups is 1. The molecule has 0 amide bonds. The fourth-order valence-corrected chi connectivity index (χ4v) is 5.10. The van der Waals surface area contributed by atoms with Gasteiger partial charge in [-0.15, -0.1) is 4.33 Å². The Bertz CT molecular complexity index is 1450. The molecule has 0 heterocycles. The highest BCUT2D eigenvalue weighted by molar-refractivity contribution is 7.86. The van der Waals surface area contributed by atoms with Crippen LogP contribution in [-0.4, -0.2) is 26.6 Å². The molecule has 8 nitrogen and oxygen atoms in total. The van der Waals surface area contributed by atoms with Crippen LogP contribution in [0.3, 0.4) is 0 Å². The van der Waals surface area contributed by atoms with Crippen molar-refractivity contribution in [1.82, 2.24) is 0 Å². The summed E-state index contributed by atoms with van der Waals surface area (Å²) in [4.78, 5) is 16.3. The lowest BCUT2D eigenvalue weighted by atomic mass is 9.91. The van der Waals surface area contributed by atoms with Crippen molar-refractivity contribution in [2.45, 2.75) is 24.8 Å². The van der Waals surface area contributed by atoms with Crippen LogP contribution < -0.4 is 4.74 Å². The van der Waals surface area contributed by atoms with E-state index in [-0.39, 0.29) is 23.7 Å². The fourth-order valence-electron chi connectivity index (χ4n) is 4.08. The Labute approximate surface area is 196 Å². The SMILES string of the molecule is CCOOS(=O)(=O)c1ccc2cc3ccccc3c(OCC)c2c1C(c1ccccc1)[N+](=O)[O-]. The van der Waals surface area contributed by atoms with Crippen molar-refractivity contribution in [3.63, 3.8) is 0 Å². The molecule has 0 spiro atoms. The molecule has 4 aromatic carbocycles. The fraction of sp³-hybridized carbons (Fsp3) is 0.200. The van der Waals surface area contributed by atoms with Gasteiger partial charge < -0.3 is 4.74 Å². The van der Waals surface area contributed by atoms with Gasteiger partial charge in [-0.1, -0.05) is 60.7 Å². The summed E-state index contributed by atoms with van der Waals surface area (Å²) in [5, 5.41) is 15.0. The third kappa shape index (κ3) is 4.33. The number of ether oxygens (including phenoxy) is 1.